The standard InChI is InChI=1S/C16H25N/c1-4-17-11-9-14(10-12-17)16-8-6-5-7-15(16)13(2)3/h5-8,13-14H,4,9-12H2,1-3H3. The lowest BCUT2D eigenvalue weighted by atomic mass is 9.83. The van der Waals surface area contributed by atoms with Gasteiger partial charge in [0.2, 0.25) is 0 Å². The van der Waals surface area contributed by atoms with Crippen molar-refractivity contribution in [1.82, 2.24) is 4.90 Å². The van der Waals surface area contributed by atoms with Gasteiger partial charge in [0, 0.05) is 0 Å². The lowest BCUT2D eigenvalue weighted by Gasteiger charge is -2.32. The predicted octanol–water partition coefficient (Wildman–Crippen LogP) is 4.01. The number of hydrogen-bond acceptors (Lipinski definition) is 1. The molecule has 0 spiro atoms. The van der Waals surface area contributed by atoms with E-state index in [1.807, 2.05) is 0 Å². The first-order valence-electron chi connectivity index (χ1n) is 7.03. The molecule has 0 saturated carbocycles. The SMILES string of the molecule is CCN1CCC(c2ccccc2C(C)C)CC1. The monoisotopic (exact) mass is 231 g/mol. The van der Waals surface area contributed by atoms with E-state index in [1.165, 1.54) is 32.5 Å². The summed E-state index contributed by atoms with van der Waals surface area (Å²) in [7, 11) is 0. The Balaban J connectivity index is 2.13. The van der Waals surface area contributed by atoms with Crippen LogP contribution in [-0.4, -0.2) is 24.5 Å². The number of benzene rings is 1. The van der Waals surface area contributed by atoms with Gasteiger partial charge < -0.3 is 4.90 Å². The van der Waals surface area contributed by atoms with E-state index in [1.54, 1.807) is 11.1 Å². The Morgan fingerprint density at radius 3 is 2.41 bits per heavy atom. The van der Waals surface area contributed by atoms with Crippen molar-refractivity contribution in [3.05, 3.63) is 35.4 Å². The summed E-state index contributed by atoms with van der Waals surface area (Å²) in [6.45, 7) is 10.6. The van der Waals surface area contributed by atoms with E-state index < -0.39 is 0 Å². The van der Waals surface area contributed by atoms with Gasteiger partial charge in [-0.05, 0) is 55.4 Å². The van der Waals surface area contributed by atoms with Gasteiger partial charge in [-0.3, -0.25) is 0 Å². The highest BCUT2D eigenvalue weighted by atomic mass is 15.1. The van der Waals surface area contributed by atoms with Crippen LogP contribution in [0.5, 0.6) is 0 Å². The first-order chi connectivity index (χ1) is 8.22. The van der Waals surface area contributed by atoms with E-state index in [-0.39, 0.29) is 0 Å². The van der Waals surface area contributed by atoms with Crippen molar-refractivity contribution in [3.8, 4) is 0 Å². The minimum absolute atomic E-state index is 0.649. The summed E-state index contributed by atoms with van der Waals surface area (Å²) in [5.41, 5.74) is 3.17. The molecule has 1 heteroatoms. The van der Waals surface area contributed by atoms with E-state index in [4.69, 9.17) is 0 Å². The summed E-state index contributed by atoms with van der Waals surface area (Å²) in [5.74, 6) is 1.44. The maximum absolute atomic E-state index is 2.56. The number of hydrogen-bond donors (Lipinski definition) is 0. The van der Waals surface area contributed by atoms with Gasteiger partial charge in [0.1, 0.15) is 0 Å². The molecular formula is C16H25N. The molecule has 1 aromatic rings. The van der Waals surface area contributed by atoms with Gasteiger partial charge in [-0.25, -0.2) is 0 Å². The third kappa shape index (κ3) is 2.90. The lowest BCUT2D eigenvalue weighted by Crippen LogP contribution is -2.32. The van der Waals surface area contributed by atoms with Crippen molar-refractivity contribution in [2.75, 3.05) is 19.6 Å². The number of rotatable bonds is 3. The molecule has 1 aliphatic heterocycles. The van der Waals surface area contributed by atoms with E-state index in [0.29, 0.717) is 5.92 Å². The van der Waals surface area contributed by atoms with Crippen molar-refractivity contribution in [2.45, 2.75) is 45.4 Å². The van der Waals surface area contributed by atoms with Crippen molar-refractivity contribution < 1.29 is 0 Å². The van der Waals surface area contributed by atoms with Crippen LogP contribution in [0.25, 0.3) is 0 Å². The second-order valence-electron chi connectivity index (χ2n) is 5.49. The fourth-order valence-electron chi connectivity index (χ4n) is 2.97. The minimum atomic E-state index is 0.649. The fraction of sp³-hybridized carbons (Fsp3) is 0.625. The Morgan fingerprint density at radius 1 is 1.18 bits per heavy atom. The molecule has 0 radical (unpaired) electrons. The maximum atomic E-state index is 2.56. The summed E-state index contributed by atoms with van der Waals surface area (Å²) >= 11 is 0. The van der Waals surface area contributed by atoms with Crippen LogP contribution in [0.15, 0.2) is 24.3 Å². The molecule has 1 nitrogen and oxygen atoms in total. The fourth-order valence-corrected chi connectivity index (χ4v) is 2.97. The van der Waals surface area contributed by atoms with Crippen LogP contribution in [0, 0.1) is 0 Å². The zero-order valence-electron chi connectivity index (χ0n) is 11.4. The summed E-state index contributed by atoms with van der Waals surface area (Å²) in [6, 6.07) is 9.04. The van der Waals surface area contributed by atoms with E-state index in [2.05, 4.69) is 49.9 Å². The molecule has 17 heavy (non-hydrogen) atoms. The molecule has 0 amide bonds. The van der Waals surface area contributed by atoms with Crippen LogP contribution in [0.2, 0.25) is 0 Å². The van der Waals surface area contributed by atoms with E-state index >= 15 is 0 Å². The first-order valence-corrected chi connectivity index (χ1v) is 7.03. The molecular weight excluding hydrogens is 206 g/mol. The smallest absolute Gasteiger partial charge is 0.00130 e. The van der Waals surface area contributed by atoms with Crippen molar-refractivity contribution >= 4 is 0 Å². The van der Waals surface area contributed by atoms with Gasteiger partial charge in [-0.15, -0.1) is 0 Å². The third-order valence-electron chi connectivity index (χ3n) is 4.09. The van der Waals surface area contributed by atoms with Crippen LogP contribution in [0.3, 0.4) is 0 Å². The first kappa shape index (κ1) is 12.6. The number of likely N-dealkylation sites (tertiary alicyclic amines) is 1. The summed E-state index contributed by atoms with van der Waals surface area (Å²) in [6.07, 6.45) is 2.66. The van der Waals surface area contributed by atoms with Gasteiger partial charge in [0.05, 0.1) is 0 Å². The Labute approximate surface area is 106 Å². The number of piperidine rings is 1. The van der Waals surface area contributed by atoms with Crippen LogP contribution >= 0.6 is 0 Å². The second-order valence-corrected chi connectivity index (χ2v) is 5.49. The molecule has 0 aliphatic carbocycles. The Morgan fingerprint density at radius 2 is 1.82 bits per heavy atom. The Hall–Kier alpha value is -0.820. The highest BCUT2D eigenvalue weighted by molar-refractivity contribution is 5.33. The summed E-state index contributed by atoms with van der Waals surface area (Å²) in [5, 5.41) is 0. The van der Waals surface area contributed by atoms with Crippen LogP contribution in [-0.2, 0) is 0 Å². The lowest BCUT2D eigenvalue weighted by molar-refractivity contribution is 0.222. The highest BCUT2D eigenvalue weighted by Crippen LogP contribution is 2.33. The van der Waals surface area contributed by atoms with Crippen LogP contribution in [0.4, 0.5) is 0 Å². The molecule has 0 aromatic heterocycles. The van der Waals surface area contributed by atoms with Crippen LogP contribution < -0.4 is 0 Å². The van der Waals surface area contributed by atoms with Gasteiger partial charge in [-0.2, -0.15) is 0 Å². The van der Waals surface area contributed by atoms with Gasteiger partial charge in [0.25, 0.3) is 0 Å². The molecule has 1 aliphatic rings. The summed E-state index contributed by atoms with van der Waals surface area (Å²) in [4.78, 5) is 2.56. The average Bonchev–Trinajstić information content (AvgIpc) is 2.39. The van der Waals surface area contributed by atoms with Gasteiger partial charge in [-0.1, -0.05) is 45.0 Å². The Kier molecular flexibility index (Phi) is 4.22. The topological polar surface area (TPSA) is 3.24 Å². The minimum Gasteiger partial charge on any atom is -0.304 e. The molecule has 1 aromatic carbocycles. The predicted molar refractivity (Wildman–Crippen MR) is 74.6 cm³/mol. The molecule has 0 atom stereocenters. The second kappa shape index (κ2) is 5.68. The maximum Gasteiger partial charge on any atom is -0.00130 e. The van der Waals surface area contributed by atoms with Crippen molar-refractivity contribution in [1.29, 1.82) is 0 Å². The molecule has 1 saturated heterocycles. The quantitative estimate of drug-likeness (QED) is 0.759. The molecule has 0 N–H and O–H groups in total. The van der Waals surface area contributed by atoms with Gasteiger partial charge in [0.15, 0.2) is 0 Å². The highest BCUT2D eigenvalue weighted by Gasteiger charge is 2.21. The zero-order valence-corrected chi connectivity index (χ0v) is 11.4. The average molecular weight is 231 g/mol. The number of nitrogens with zero attached hydrogens (tertiary/aromatic N) is 1. The van der Waals surface area contributed by atoms with E-state index in [0.717, 1.165) is 5.92 Å². The van der Waals surface area contributed by atoms with Gasteiger partial charge >= 0.3 is 0 Å². The zero-order chi connectivity index (χ0) is 12.3. The Bertz CT molecular complexity index is 348. The molecule has 94 valence electrons. The van der Waals surface area contributed by atoms with E-state index in [9.17, 15) is 0 Å². The van der Waals surface area contributed by atoms with Crippen LogP contribution in [0.1, 0.15) is 56.6 Å². The molecule has 1 fully saturated rings. The molecule has 1 heterocycles. The molecule has 0 unspecified atom stereocenters. The van der Waals surface area contributed by atoms with Crippen molar-refractivity contribution in [2.24, 2.45) is 0 Å². The normalized spacial score (nSPS) is 18.8. The van der Waals surface area contributed by atoms with Crippen molar-refractivity contribution in [3.63, 3.8) is 0 Å². The summed E-state index contributed by atoms with van der Waals surface area (Å²) < 4.78 is 0. The largest absolute Gasteiger partial charge is 0.304 e. The molecule has 0 bridgehead atoms. The molecule has 2 rings (SSSR count). The third-order valence-corrected chi connectivity index (χ3v) is 4.09.